The fraction of sp³-hybridized carbons (Fsp3) is 0.921. The Hall–Kier alpha value is -1.03. The molecule has 5 rings (SSSR count). The van der Waals surface area contributed by atoms with Gasteiger partial charge in [-0.2, -0.15) is 5.10 Å². The average molecular weight is 646 g/mol. The Balaban J connectivity index is 1.23. The molecule has 0 radical (unpaired) electrons. The second kappa shape index (κ2) is 17.6. The van der Waals surface area contributed by atoms with Crippen LogP contribution in [0.2, 0.25) is 0 Å². The molecule has 0 bridgehead atoms. The van der Waals surface area contributed by atoms with E-state index < -0.39 is 0 Å². The van der Waals surface area contributed by atoms with Gasteiger partial charge in [-0.05, 0) is 115 Å². The minimum atomic E-state index is 0.0718. The first-order valence-corrected chi connectivity index (χ1v) is 18.9. The Bertz CT molecular complexity index is 970. The number of nitrogens with zero attached hydrogens (tertiary/aromatic N) is 3. The van der Waals surface area contributed by atoms with Crippen LogP contribution in [0.4, 0.5) is 0 Å². The summed E-state index contributed by atoms with van der Waals surface area (Å²) in [5, 5.41) is 5.32. The van der Waals surface area contributed by atoms with E-state index in [-0.39, 0.29) is 17.1 Å². The Morgan fingerprint density at radius 1 is 0.870 bits per heavy atom. The zero-order chi connectivity index (χ0) is 32.4. The van der Waals surface area contributed by atoms with Crippen LogP contribution in [0.5, 0.6) is 0 Å². The van der Waals surface area contributed by atoms with Gasteiger partial charge < -0.3 is 23.7 Å². The summed E-state index contributed by atoms with van der Waals surface area (Å²) in [5.74, 6) is 1.96. The van der Waals surface area contributed by atoms with Gasteiger partial charge in [-0.15, -0.1) is 0 Å². The molecular weight excluding hydrogens is 578 g/mol. The zero-order valence-corrected chi connectivity index (χ0v) is 30.1. The predicted octanol–water partition coefficient (Wildman–Crippen LogP) is 7.76. The lowest BCUT2D eigenvalue weighted by molar-refractivity contribution is -0.0532. The third-order valence-corrected chi connectivity index (χ3v) is 11.9. The van der Waals surface area contributed by atoms with Crippen LogP contribution in [0.3, 0.4) is 0 Å². The number of hydrogen-bond donors (Lipinski definition) is 0. The maximum atomic E-state index is 6.50. The van der Waals surface area contributed by atoms with Gasteiger partial charge in [0.25, 0.3) is 0 Å². The van der Waals surface area contributed by atoms with Crippen molar-refractivity contribution in [2.24, 2.45) is 22.7 Å². The molecule has 4 heterocycles. The van der Waals surface area contributed by atoms with E-state index in [9.17, 15) is 0 Å². The van der Waals surface area contributed by atoms with Crippen LogP contribution < -0.4 is 0 Å². The number of rotatable bonds is 15. The molecule has 4 aliphatic rings. The van der Waals surface area contributed by atoms with Gasteiger partial charge in [0, 0.05) is 81.9 Å². The van der Waals surface area contributed by atoms with E-state index in [2.05, 4.69) is 50.5 Å². The lowest BCUT2D eigenvalue weighted by atomic mass is 9.70. The minimum Gasteiger partial charge on any atom is -0.381 e. The van der Waals surface area contributed by atoms with Crippen molar-refractivity contribution in [3.8, 4) is 0 Å². The van der Waals surface area contributed by atoms with E-state index >= 15 is 0 Å². The summed E-state index contributed by atoms with van der Waals surface area (Å²) < 4.78 is 32.5. The molecule has 2 unspecified atom stereocenters. The maximum absolute atomic E-state index is 6.50. The minimum absolute atomic E-state index is 0.0718. The molecule has 46 heavy (non-hydrogen) atoms. The fourth-order valence-corrected chi connectivity index (χ4v) is 8.04. The van der Waals surface area contributed by atoms with Crippen LogP contribution >= 0.6 is 0 Å². The quantitative estimate of drug-likeness (QED) is 0.181. The van der Waals surface area contributed by atoms with Crippen molar-refractivity contribution in [1.82, 2.24) is 14.7 Å². The van der Waals surface area contributed by atoms with Gasteiger partial charge in [-0.1, -0.05) is 20.8 Å². The van der Waals surface area contributed by atoms with E-state index in [0.717, 1.165) is 129 Å². The van der Waals surface area contributed by atoms with Crippen molar-refractivity contribution < 1.29 is 23.7 Å². The second-order valence-corrected chi connectivity index (χ2v) is 16.4. The summed E-state index contributed by atoms with van der Waals surface area (Å²) >= 11 is 0. The standard InChI is InChI=1S/C38H67N3O5/c1-30(37(2,3)4)40(5)26-34-27-41(35-8-6-7-19-46-35)39-36(34)33-9-17-38(18-10-33,28-44-24-15-31-11-20-42-21-12-31)29-45-25-16-32-13-22-43-23-14-32/h27,30-33,35H,6-26,28-29H2,1-5H3. The van der Waals surface area contributed by atoms with Crippen LogP contribution in [0, 0.1) is 22.7 Å². The first kappa shape index (κ1) is 36.3. The fourth-order valence-electron chi connectivity index (χ4n) is 8.04. The lowest BCUT2D eigenvalue weighted by Crippen LogP contribution is -2.39. The molecule has 1 aromatic heterocycles. The Morgan fingerprint density at radius 2 is 1.46 bits per heavy atom. The Labute approximate surface area is 280 Å². The number of hydrogen-bond acceptors (Lipinski definition) is 7. The summed E-state index contributed by atoms with van der Waals surface area (Å²) in [4.78, 5) is 2.51. The maximum Gasteiger partial charge on any atom is 0.150 e. The number of ether oxygens (including phenoxy) is 5. The first-order valence-electron chi connectivity index (χ1n) is 18.9. The van der Waals surface area contributed by atoms with Gasteiger partial charge in [0.2, 0.25) is 0 Å². The summed E-state index contributed by atoms with van der Waals surface area (Å²) in [7, 11) is 2.27. The third kappa shape index (κ3) is 10.5. The molecular formula is C38H67N3O5. The van der Waals surface area contributed by atoms with Crippen LogP contribution in [-0.2, 0) is 30.2 Å². The van der Waals surface area contributed by atoms with Crippen molar-refractivity contribution in [2.45, 2.75) is 136 Å². The second-order valence-electron chi connectivity index (χ2n) is 16.4. The molecule has 8 nitrogen and oxygen atoms in total. The van der Waals surface area contributed by atoms with Gasteiger partial charge in [-0.3, -0.25) is 4.90 Å². The molecule has 3 saturated heterocycles. The smallest absolute Gasteiger partial charge is 0.150 e. The van der Waals surface area contributed by atoms with E-state index in [1.54, 1.807) is 0 Å². The Morgan fingerprint density at radius 3 is 1.98 bits per heavy atom. The summed E-state index contributed by atoms with van der Waals surface area (Å²) in [6, 6.07) is 0.463. The number of aromatic nitrogens is 2. The SMILES string of the molecule is CC(N(C)Cc1cn(C2CCCCO2)nc1C1CCC(COCCC2CCOCC2)(COCCC2CCOCC2)CC1)C(C)(C)C. The molecule has 2 atom stereocenters. The molecule has 0 N–H and O–H groups in total. The molecule has 1 aromatic rings. The van der Waals surface area contributed by atoms with Crippen LogP contribution in [0.25, 0.3) is 0 Å². The van der Waals surface area contributed by atoms with Crippen molar-refractivity contribution in [1.29, 1.82) is 0 Å². The molecule has 0 aromatic carbocycles. The van der Waals surface area contributed by atoms with E-state index in [0.29, 0.717) is 12.0 Å². The van der Waals surface area contributed by atoms with Gasteiger partial charge in [-0.25, -0.2) is 4.68 Å². The van der Waals surface area contributed by atoms with Crippen molar-refractivity contribution in [3.05, 3.63) is 17.5 Å². The van der Waals surface area contributed by atoms with Gasteiger partial charge >= 0.3 is 0 Å². The highest BCUT2D eigenvalue weighted by Crippen LogP contribution is 2.45. The monoisotopic (exact) mass is 646 g/mol. The largest absolute Gasteiger partial charge is 0.381 e. The van der Waals surface area contributed by atoms with E-state index in [1.165, 1.54) is 43.4 Å². The van der Waals surface area contributed by atoms with Crippen LogP contribution in [-0.4, -0.2) is 87.2 Å². The van der Waals surface area contributed by atoms with Gasteiger partial charge in [0.05, 0.1) is 18.9 Å². The summed E-state index contributed by atoms with van der Waals surface area (Å²) in [5.41, 5.74) is 2.99. The van der Waals surface area contributed by atoms with Gasteiger partial charge in [0.15, 0.2) is 0 Å². The molecule has 8 heteroatoms. The highest BCUT2D eigenvalue weighted by atomic mass is 16.5. The lowest BCUT2D eigenvalue weighted by Gasteiger charge is -2.40. The van der Waals surface area contributed by atoms with Crippen LogP contribution in [0.1, 0.15) is 135 Å². The van der Waals surface area contributed by atoms with Gasteiger partial charge in [0.1, 0.15) is 6.23 Å². The zero-order valence-electron chi connectivity index (χ0n) is 30.1. The van der Waals surface area contributed by atoms with E-state index in [4.69, 9.17) is 28.8 Å². The predicted molar refractivity (Wildman–Crippen MR) is 183 cm³/mol. The van der Waals surface area contributed by atoms with Crippen molar-refractivity contribution in [3.63, 3.8) is 0 Å². The first-order chi connectivity index (χ1) is 22.2. The summed E-state index contributed by atoms with van der Waals surface area (Å²) in [6.45, 7) is 18.1. The molecule has 4 fully saturated rings. The van der Waals surface area contributed by atoms with Crippen molar-refractivity contribution >= 4 is 0 Å². The topological polar surface area (TPSA) is 67.2 Å². The highest BCUT2D eigenvalue weighted by Gasteiger charge is 2.39. The molecule has 3 aliphatic heterocycles. The highest BCUT2D eigenvalue weighted by molar-refractivity contribution is 5.23. The molecule has 0 spiro atoms. The van der Waals surface area contributed by atoms with E-state index in [1.807, 2.05) is 0 Å². The normalized spacial score (nSPS) is 24.9. The summed E-state index contributed by atoms with van der Waals surface area (Å²) in [6.07, 6.45) is 17.4. The van der Waals surface area contributed by atoms with Crippen molar-refractivity contribution in [2.75, 3.05) is 66.5 Å². The average Bonchev–Trinajstić information content (AvgIpc) is 3.49. The molecule has 0 amide bonds. The van der Waals surface area contributed by atoms with Crippen LogP contribution in [0.15, 0.2) is 6.20 Å². The third-order valence-electron chi connectivity index (χ3n) is 11.9. The molecule has 1 aliphatic carbocycles. The Kier molecular flexibility index (Phi) is 13.9. The molecule has 1 saturated carbocycles. The molecule has 264 valence electrons.